The number of aryl methyl sites for hydroxylation is 1. The van der Waals surface area contributed by atoms with E-state index in [2.05, 4.69) is 21.4 Å². The fraction of sp³-hybridized carbons (Fsp3) is 0.381. The van der Waals surface area contributed by atoms with Crippen LogP contribution < -0.4 is 9.47 Å². The summed E-state index contributed by atoms with van der Waals surface area (Å²) in [5.41, 5.74) is 2.65. The van der Waals surface area contributed by atoms with Gasteiger partial charge in [0.05, 0.1) is 31.2 Å². The standard InChI is InChI=1S/C21H25N5O3/c1-25-13-16(12-22-25)21(27)26-9-7-15(14-26)18-11-17(23-24-18)8-10-29-20-6-4-3-5-19(20)28-2/h3-6,11-13,15H,7-10,14H2,1-2H3,(H,23,24)/t15-/m1/s1. The number of H-pyrrole nitrogens is 1. The zero-order chi connectivity index (χ0) is 20.2. The van der Waals surface area contributed by atoms with Crippen molar-refractivity contribution in [2.24, 2.45) is 7.05 Å². The Balaban J connectivity index is 1.31. The van der Waals surface area contributed by atoms with Crippen LogP contribution in [0.5, 0.6) is 11.5 Å². The predicted octanol–water partition coefficient (Wildman–Crippen LogP) is 2.40. The Morgan fingerprint density at radius 3 is 2.90 bits per heavy atom. The van der Waals surface area contributed by atoms with Crippen LogP contribution >= 0.6 is 0 Å². The summed E-state index contributed by atoms with van der Waals surface area (Å²) in [4.78, 5) is 14.5. The Bertz CT molecular complexity index is 980. The Morgan fingerprint density at radius 2 is 2.14 bits per heavy atom. The van der Waals surface area contributed by atoms with Crippen molar-refractivity contribution in [1.82, 2.24) is 24.9 Å². The Kier molecular flexibility index (Phi) is 5.50. The Morgan fingerprint density at radius 1 is 1.31 bits per heavy atom. The number of hydrogen-bond acceptors (Lipinski definition) is 5. The molecule has 1 amide bonds. The van der Waals surface area contributed by atoms with Crippen molar-refractivity contribution in [3.63, 3.8) is 0 Å². The molecule has 8 nitrogen and oxygen atoms in total. The van der Waals surface area contributed by atoms with Crippen LogP contribution in [0.15, 0.2) is 42.7 Å². The van der Waals surface area contributed by atoms with Gasteiger partial charge in [-0.25, -0.2) is 0 Å². The molecule has 1 fully saturated rings. The van der Waals surface area contributed by atoms with E-state index in [4.69, 9.17) is 9.47 Å². The van der Waals surface area contributed by atoms with Crippen molar-refractivity contribution in [3.05, 3.63) is 59.7 Å². The maximum Gasteiger partial charge on any atom is 0.257 e. The molecule has 1 aromatic carbocycles. The largest absolute Gasteiger partial charge is 0.493 e. The van der Waals surface area contributed by atoms with Crippen LogP contribution in [-0.4, -0.2) is 57.6 Å². The molecule has 4 rings (SSSR count). The van der Waals surface area contributed by atoms with Crippen molar-refractivity contribution in [2.75, 3.05) is 26.8 Å². The third-order valence-corrected chi connectivity index (χ3v) is 5.19. The van der Waals surface area contributed by atoms with E-state index >= 15 is 0 Å². The minimum Gasteiger partial charge on any atom is -0.493 e. The second-order valence-electron chi connectivity index (χ2n) is 7.21. The molecule has 0 saturated carbocycles. The van der Waals surface area contributed by atoms with Gasteiger partial charge in [-0.2, -0.15) is 10.2 Å². The van der Waals surface area contributed by atoms with E-state index in [0.29, 0.717) is 18.7 Å². The molecular formula is C21H25N5O3. The number of carbonyl (C=O) groups is 1. The molecule has 0 aliphatic carbocycles. The molecule has 1 saturated heterocycles. The number of ether oxygens (including phenoxy) is 2. The lowest BCUT2D eigenvalue weighted by molar-refractivity contribution is 0.0790. The van der Waals surface area contributed by atoms with Gasteiger partial charge in [-0.15, -0.1) is 0 Å². The normalized spacial score (nSPS) is 16.2. The van der Waals surface area contributed by atoms with E-state index in [1.54, 1.807) is 24.2 Å². The van der Waals surface area contributed by atoms with Gasteiger partial charge in [0, 0.05) is 44.4 Å². The lowest BCUT2D eigenvalue weighted by atomic mass is 10.0. The highest BCUT2D eigenvalue weighted by Crippen LogP contribution is 2.28. The average Bonchev–Trinajstić information content (AvgIpc) is 3.48. The van der Waals surface area contributed by atoms with Gasteiger partial charge in [0.1, 0.15) is 0 Å². The first-order chi connectivity index (χ1) is 14.1. The number of benzene rings is 1. The van der Waals surface area contributed by atoms with Gasteiger partial charge in [-0.3, -0.25) is 14.6 Å². The van der Waals surface area contributed by atoms with Crippen molar-refractivity contribution in [1.29, 1.82) is 0 Å². The first-order valence-corrected chi connectivity index (χ1v) is 9.72. The summed E-state index contributed by atoms with van der Waals surface area (Å²) in [7, 11) is 3.44. The zero-order valence-electron chi connectivity index (χ0n) is 16.7. The number of nitrogens with one attached hydrogen (secondary N) is 1. The van der Waals surface area contributed by atoms with Crippen molar-refractivity contribution in [2.45, 2.75) is 18.8 Å². The quantitative estimate of drug-likeness (QED) is 0.664. The highest BCUT2D eigenvalue weighted by atomic mass is 16.5. The van der Waals surface area contributed by atoms with Crippen LogP contribution in [0.2, 0.25) is 0 Å². The monoisotopic (exact) mass is 395 g/mol. The van der Waals surface area contributed by atoms with Crippen LogP contribution in [0.3, 0.4) is 0 Å². The number of hydrogen-bond donors (Lipinski definition) is 1. The molecule has 152 valence electrons. The maximum atomic E-state index is 12.6. The van der Waals surface area contributed by atoms with Gasteiger partial charge < -0.3 is 14.4 Å². The molecule has 1 atom stereocenters. The number of carbonyl (C=O) groups excluding carboxylic acids is 1. The summed E-state index contributed by atoms with van der Waals surface area (Å²) >= 11 is 0. The smallest absolute Gasteiger partial charge is 0.257 e. The average molecular weight is 395 g/mol. The molecule has 1 aliphatic rings. The highest BCUT2D eigenvalue weighted by Gasteiger charge is 2.30. The number of nitrogens with zero attached hydrogens (tertiary/aromatic N) is 4. The fourth-order valence-corrected chi connectivity index (χ4v) is 3.63. The number of aromatic amines is 1. The number of aromatic nitrogens is 4. The first kappa shape index (κ1) is 19.0. The number of para-hydroxylation sites is 2. The third kappa shape index (κ3) is 4.26. The maximum absolute atomic E-state index is 12.6. The zero-order valence-corrected chi connectivity index (χ0v) is 16.7. The van der Waals surface area contributed by atoms with E-state index in [0.717, 1.165) is 42.3 Å². The van der Waals surface area contributed by atoms with E-state index < -0.39 is 0 Å². The van der Waals surface area contributed by atoms with Gasteiger partial charge in [0.15, 0.2) is 11.5 Å². The first-order valence-electron chi connectivity index (χ1n) is 9.72. The molecule has 8 heteroatoms. The SMILES string of the molecule is COc1ccccc1OCCc1cc([C@@H]2CCN(C(=O)c3cnn(C)c3)C2)n[nH]1. The lowest BCUT2D eigenvalue weighted by Crippen LogP contribution is -2.28. The van der Waals surface area contributed by atoms with E-state index in [1.807, 2.05) is 36.2 Å². The number of methoxy groups -OCH3 is 1. The Hall–Kier alpha value is -3.29. The van der Waals surface area contributed by atoms with E-state index in [-0.39, 0.29) is 11.8 Å². The van der Waals surface area contributed by atoms with Crippen molar-refractivity contribution >= 4 is 5.91 Å². The number of rotatable bonds is 7. The molecule has 0 radical (unpaired) electrons. The van der Waals surface area contributed by atoms with Gasteiger partial charge in [0.2, 0.25) is 0 Å². The van der Waals surface area contributed by atoms with E-state index in [9.17, 15) is 4.79 Å². The van der Waals surface area contributed by atoms with Gasteiger partial charge in [0.25, 0.3) is 5.91 Å². The molecule has 1 N–H and O–H groups in total. The Labute approximate surface area is 169 Å². The predicted molar refractivity (Wildman–Crippen MR) is 107 cm³/mol. The summed E-state index contributed by atoms with van der Waals surface area (Å²) in [5.74, 6) is 1.73. The van der Waals surface area contributed by atoms with Gasteiger partial charge in [-0.05, 0) is 24.6 Å². The molecule has 0 unspecified atom stereocenters. The molecule has 1 aliphatic heterocycles. The van der Waals surface area contributed by atoms with Gasteiger partial charge in [-0.1, -0.05) is 12.1 Å². The minimum absolute atomic E-state index is 0.0292. The third-order valence-electron chi connectivity index (χ3n) is 5.19. The van der Waals surface area contributed by atoms with Crippen LogP contribution in [0.25, 0.3) is 0 Å². The summed E-state index contributed by atoms with van der Waals surface area (Å²) in [6.45, 7) is 1.94. The van der Waals surface area contributed by atoms with Crippen LogP contribution in [-0.2, 0) is 13.5 Å². The lowest BCUT2D eigenvalue weighted by Gasteiger charge is -2.14. The van der Waals surface area contributed by atoms with Crippen molar-refractivity contribution < 1.29 is 14.3 Å². The minimum atomic E-state index is 0.0292. The molecule has 29 heavy (non-hydrogen) atoms. The molecule has 3 aromatic rings. The molecule has 3 heterocycles. The summed E-state index contributed by atoms with van der Waals surface area (Å²) < 4.78 is 12.8. The molecule has 0 spiro atoms. The summed E-state index contributed by atoms with van der Waals surface area (Å²) in [6.07, 6.45) is 5.00. The van der Waals surface area contributed by atoms with Crippen LogP contribution in [0.1, 0.15) is 34.1 Å². The number of likely N-dealkylation sites (tertiary alicyclic amines) is 1. The number of amides is 1. The van der Waals surface area contributed by atoms with E-state index in [1.165, 1.54) is 0 Å². The second-order valence-corrected chi connectivity index (χ2v) is 7.21. The van der Waals surface area contributed by atoms with Crippen LogP contribution in [0, 0.1) is 0 Å². The molecule has 2 aromatic heterocycles. The summed E-state index contributed by atoms with van der Waals surface area (Å²) in [5, 5.41) is 11.7. The highest BCUT2D eigenvalue weighted by molar-refractivity contribution is 5.94. The van der Waals surface area contributed by atoms with Crippen molar-refractivity contribution in [3.8, 4) is 11.5 Å². The summed E-state index contributed by atoms with van der Waals surface area (Å²) in [6, 6.07) is 9.68. The van der Waals surface area contributed by atoms with Gasteiger partial charge >= 0.3 is 0 Å². The van der Waals surface area contributed by atoms with Crippen LogP contribution in [0.4, 0.5) is 0 Å². The fourth-order valence-electron chi connectivity index (χ4n) is 3.63. The molecule has 0 bridgehead atoms. The molecular weight excluding hydrogens is 370 g/mol. The second kappa shape index (κ2) is 8.38. The topological polar surface area (TPSA) is 85.3 Å².